The SMILES string of the molecule is C=C(CS)COc1ccc(OC)c([N+](=O)[O-])c1. The van der Waals surface area contributed by atoms with Crippen LogP contribution in [-0.4, -0.2) is 24.4 Å². The van der Waals surface area contributed by atoms with Gasteiger partial charge in [0.15, 0.2) is 5.75 Å². The lowest BCUT2D eigenvalue weighted by Crippen LogP contribution is -2.02. The first kappa shape index (κ1) is 13.4. The Kier molecular flexibility index (Phi) is 4.84. The quantitative estimate of drug-likeness (QED) is 0.367. The van der Waals surface area contributed by atoms with Gasteiger partial charge in [-0.3, -0.25) is 10.1 Å². The Hall–Kier alpha value is -1.69. The van der Waals surface area contributed by atoms with E-state index in [4.69, 9.17) is 9.47 Å². The van der Waals surface area contributed by atoms with E-state index in [9.17, 15) is 10.1 Å². The summed E-state index contributed by atoms with van der Waals surface area (Å²) in [5.41, 5.74) is 0.674. The normalized spacial score (nSPS) is 9.76. The summed E-state index contributed by atoms with van der Waals surface area (Å²) in [7, 11) is 1.38. The second-order valence-electron chi connectivity index (χ2n) is 3.29. The lowest BCUT2D eigenvalue weighted by molar-refractivity contribution is -0.385. The Balaban J connectivity index is 2.85. The number of hydrogen-bond donors (Lipinski definition) is 1. The Labute approximate surface area is 105 Å². The van der Waals surface area contributed by atoms with Gasteiger partial charge >= 0.3 is 5.69 Å². The average molecular weight is 255 g/mol. The van der Waals surface area contributed by atoms with Crippen molar-refractivity contribution in [2.24, 2.45) is 0 Å². The summed E-state index contributed by atoms with van der Waals surface area (Å²) in [5, 5.41) is 10.8. The minimum atomic E-state index is -0.515. The van der Waals surface area contributed by atoms with E-state index in [1.54, 1.807) is 6.07 Å². The van der Waals surface area contributed by atoms with Crippen molar-refractivity contribution in [2.45, 2.75) is 0 Å². The monoisotopic (exact) mass is 255 g/mol. The number of benzene rings is 1. The number of ether oxygens (including phenoxy) is 2. The molecule has 92 valence electrons. The molecule has 0 amide bonds. The molecular formula is C11H13NO4S. The molecule has 0 atom stereocenters. The van der Waals surface area contributed by atoms with E-state index in [0.29, 0.717) is 11.5 Å². The van der Waals surface area contributed by atoms with Crippen molar-refractivity contribution >= 4 is 18.3 Å². The van der Waals surface area contributed by atoms with Gasteiger partial charge in [0.25, 0.3) is 0 Å². The maximum Gasteiger partial charge on any atom is 0.314 e. The molecular weight excluding hydrogens is 242 g/mol. The minimum Gasteiger partial charge on any atom is -0.490 e. The van der Waals surface area contributed by atoms with Crippen molar-refractivity contribution < 1.29 is 14.4 Å². The van der Waals surface area contributed by atoms with Crippen LogP contribution in [0.5, 0.6) is 11.5 Å². The zero-order chi connectivity index (χ0) is 12.8. The number of hydrogen-bond acceptors (Lipinski definition) is 5. The molecule has 6 heteroatoms. The number of thiol groups is 1. The number of nitro benzene ring substituents is 1. The van der Waals surface area contributed by atoms with Gasteiger partial charge in [-0.05, 0) is 17.7 Å². The zero-order valence-corrected chi connectivity index (χ0v) is 10.3. The van der Waals surface area contributed by atoms with Gasteiger partial charge in [0, 0.05) is 5.75 Å². The van der Waals surface area contributed by atoms with Crippen LogP contribution in [-0.2, 0) is 0 Å². The number of nitro groups is 1. The highest BCUT2D eigenvalue weighted by molar-refractivity contribution is 7.80. The minimum absolute atomic E-state index is 0.124. The highest BCUT2D eigenvalue weighted by Crippen LogP contribution is 2.30. The van der Waals surface area contributed by atoms with E-state index in [-0.39, 0.29) is 18.0 Å². The molecule has 0 unspecified atom stereocenters. The molecule has 1 aromatic carbocycles. The Bertz CT molecular complexity index is 433. The van der Waals surface area contributed by atoms with Crippen LogP contribution in [0.1, 0.15) is 0 Å². The molecule has 0 bridgehead atoms. The molecule has 0 aromatic heterocycles. The van der Waals surface area contributed by atoms with Crippen LogP contribution in [0.4, 0.5) is 5.69 Å². The second-order valence-corrected chi connectivity index (χ2v) is 3.60. The van der Waals surface area contributed by atoms with Gasteiger partial charge < -0.3 is 9.47 Å². The van der Waals surface area contributed by atoms with Gasteiger partial charge in [-0.25, -0.2) is 0 Å². The molecule has 17 heavy (non-hydrogen) atoms. The molecule has 0 spiro atoms. The summed E-state index contributed by atoms with van der Waals surface area (Å²) in [5.74, 6) is 1.12. The molecule has 0 fully saturated rings. The average Bonchev–Trinajstić information content (AvgIpc) is 2.35. The third-order valence-electron chi connectivity index (χ3n) is 2.01. The molecule has 0 saturated heterocycles. The van der Waals surface area contributed by atoms with Crippen LogP contribution in [0, 0.1) is 10.1 Å². The lowest BCUT2D eigenvalue weighted by Gasteiger charge is -2.08. The van der Waals surface area contributed by atoms with E-state index in [1.165, 1.54) is 19.2 Å². The van der Waals surface area contributed by atoms with Crippen molar-refractivity contribution in [3.63, 3.8) is 0 Å². The maximum absolute atomic E-state index is 10.8. The first-order valence-corrected chi connectivity index (χ1v) is 5.44. The van der Waals surface area contributed by atoms with Crippen LogP contribution in [0.2, 0.25) is 0 Å². The molecule has 5 nitrogen and oxygen atoms in total. The summed E-state index contributed by atoms with van der Waals surface area (Å²) in [6.07, 6.45) is 0. The first-order chi connectivity index (χ1) is 8.08. The topological polar surface area (TPSA) is 61.6 Å². The highest BCUT2D eigenvalue weighted by atomic mass is 32.1. The number of nitrogens with zero attached hydrogens (tertiary/aromatic N) is 1. The molecule has 0 aliphatic rings. The summed E-state index contributed by atoms with van der Waals surface area (Å²) in [6, 6.07) is 4.43. The fourth-order valence-electron chi connectivity index (χ4n) is 1.13. The van der Waals surface area contributed by atoms with Gasteiger partial charge in [0.1, 0.15) is 12.4 Å². The van der Waals surface area contributed by atoms with E-state index in [0.717, 1.165) is 5.57 Å². The van der Waals surface area contributed by atoms with Gasteiger partial charge in [-0.1, -0.05) is 6.58 Å². The molecule has 0 radical (unpaired) electrons. The number of rotatable bonds is 6. The second kappa shape index (κ2) is 6.15. The van der Waals surface area contributed by atoms with E-state index < -0.39 is 4.92 Å². The van der Waals surface area contributed by atoms with Crippen molar-refractivity contribution in [3.05, 3.63) is 40.5 Å². The number of methoxy groups -OCH3 is 1. The summed E-state index contributed by atoms with van der Waals surface area (Å²) < 4.78 is 10.2. The van der Waals surface area contributed by atoms with E-state index in [2.05, 4.69) is 19.2 Å². The van der Waals surface area contributed by atoms with Crippen molar-refractivity contribution in [1.82, 2.24) is 0 Å². The molecule has 0 aliphatic carbocycles. The predicted octanol–water partition coefficient (Wildman–Crippen LogP) is 2.47. The molecule has 0 aliphatic heterocycles. The largest absolute Gasteiger partial charge is 0.490 e. The molecule has 1 rings (SSSR count). The lowest BCUT2D eigenvalue weighted by atomic mass is 10.3. The van der Waals surface area contributed by atoms with Crippen LogP contribution >= 0.6 is 12.6 Å². The first-order valence-electron chi connectivity index (χ1n) is 4.81. The molecule has 0 saturated carbocycles. The Morgan fingerprint density at radius 1 is 1.59 bits per heavy atom. The van der Waals surface area contributed by atoms with Crippen LogP contribution in [0.15, 0.2) is 30.4 Å². The summed E-state index contributed by atoms with van der Waals surface area (Å²) in [6.45, 7) is 4.00. The Morgan fingerprint density at radius 3 is 2.82 bits per heavy atom. The molecule has 1 aromatic rings. The maximum atomic E-state index is 10.8. The van der Waals surface area contributed by atoms with E-state index >= 15 is 0 Å². The fourth-order valence-corrected chi connectivity index (χ4v) is 1.22. The summed E-state index contributed by atoms with van der Waals surface area (Å²) in [4.78, 5) is 10.3. The third-order valence-corrected chi connectivity index (χ3v) is 2.46. The van der Waals surface area contributed by atoms with Crippen LogP contribution in [0.3, 0.4) is 0 Å². The highest BCUT2D eigenvalue weighted by Gasteiger charge is 2.15. The zero-order valence-electron chi connectivity index (χ0n) is 9.38. The van der Waals surface area contributed by atoms with E-state index in [1.807, 2.05) is 0 Å². The van der Waals surface area contributed by atoms with Gasteiger partial charge in [-0.2, -0.15) is 12.6 Å². The smallest absolute Gasteiger partial charge is 0.314 e. The molecule has 0 heterocycles. The van der Waals surface area contributed by atoms with Crippen molar-refractivity contribution in [1.29, 1.82) is 0 Å². The standard InChI is InChI=1S/C11H13NO4S/c1-8(7-17)6-16-9-3-4-11(15-2)10(5-9)12(13)14/h3-5,17H,1,6-7H2,2H3. The van der Waals surface area contributed by atoms with Gasteiger partial charge in [0.05, 0.1) is 18.1 Å². The van der Waals surface area contributed by atoms with Crippen molar-refractivity contribution in [2.75, 3.05) is 19.5 Å². The predicted molar refractivity (Wildman–Crippen MR) is 68.1 cm³/mol. The van der Waals surface area contributed by atoms with Crippen LogP contribution < -0.4 is 9.47 Å². The van der Waals surface area contributed by atoms with Gasteiger partial charge in [-0.15, -0.1) is 0 Å². The third kappa shape index (κ3) is 3.67. The Morgan fingerprint density at radius 2 is 2.29 bits per heavy atom. The molecule has 0 N–H and O–H groups in total. The van der Waals surface area contributed by atoms with Crippen LogP contribution in [0.25, 0.3) is 0 Å². The van der Waals surface area contributed by atoms with Gasteiger partial charge in [0.2, 0.25) is 0 Å². The fraction of sp³-hybridized carbons (Fsp3) is 0.273. The summed E-state index contributed by atoms with van der Waals surface area (Å²) >= 11 is 4.04. The van der Waals surface area contributed by atoms with Crippen molar-refractivity contribution in [3.8, 4) is 11.5 Å².